The molecule has 6 N–H and O–H groups in total. The fraction of sp³-hybridized carbons (Fsp3) is 0.214. The number of amides is 2. The second-order valence-electron chi connectivity index (χ2n) is 8.95. The molecule has 2 amide bonds. The van der Waals surface area contributed by atoms with Gasteiger partial charge in [-0.1, -0.05) is 30.3 Å². The number of aryl methyl sites for hydroxylation is 2. The lowest BCUT2D eigenvalue weighted by Crippen LogP contribution is -2.42. The van der Waals surface area contributed by atoms with Gasteiger partial charge in [-0.25, -0.2) is 0 Å². The van der Waals surface area contributed by atoms with E-state index >= 15 is 0 Å². The molecule has 0 aromatic heterocycles. The van der Waals surface area contributed by atoms with Crippen LogP contribution in [0.25, 0.3) is 11.1 Å². The number of hydrogen-bond acceptors (Lipinski definition) is 7. The summed E-state index contributed by atoms with van der Waals surface area (Å²) in [7, 11) is 1.51. The lowest BCUT2D eigenvalue weighted by atomic mass is 9.93. The van der Waals surface area contributed by atoms with Crippen molar-refractivity contribution in [2.75, 3.05) is 12.4 Å². The van der Waals surface area contributed by atoms with E-state index in [9.17, 15) is 38.2 Å². The highest BCUT2D eigenvalue weighted by Crippen LogP contribution is 2.37. The molecule has 40 heavy (non-hydrogen) atoms. The fourth-order valence-electron chi connectivity index (χ4n) is 4.06. The van der Waals surface area contributed by atoms with Crippen molar-refractivity contribution in [3.8, 4) is 16.9 Å². The van der Waals surface area contributed by atoms with Gasteiger partial charge in [0.25, 0.3) is 17.6 Å². The largest absolute Gasteiger partial charge is 0.496 e. The van der Waals surface area contributed by atoms with Crippen LogP contribution in [0.4, 0.5) is 18.9 Å². The Kier molecular flexibility index (Phi) is 8.88. The summed E-state index contributed by atoms with van der Waals surface area (Å²) in [5.41, 5.74) is 3.59. The number of carbonyl (C=O) groups is 2. The van der Waals surface area contributed by atoms with Crippen molar-refractivity contribution in [1.29, 1.82) is 0 Å². The Bertz CT molecular complexity index is 1450. The minimum absolute atomic E-state index is 0.112. The molecule has 3 rings (SSSR count). The van der Waals surface area contributed by atoms with E-state index < -0.39 is 35.0 Å². The number of anilines is 1. The van der Waals surface area contributed by atoms with E-state index in [-0.39, 0.29) is 16.9 Å². The van der Waals surface area contributed by atoms with Crippen molar-refractivity contribution in [3.05, 3.63) is 94.3 Å². The smallest absolute Gasteiger partial charge is 0.447 e. The van der Waals surface area contributed by atoms with E-state index in [4.69, 9.17) is 4.74 Å². The van der Waals surface area contributed by atoms with Gasteiger partial charge in [0, 0.05) is 28.1 Å². The number of benzene rings is 3. The van der Waals surface area contributed by atoms with Gasteiger partial charge in [-0.05, 0) is 67.8 Å². The van der Waals surface area contributed by atoms with Gasteiger partial charge in [0.1, 0.15) is 11.4 Å². The summed E-state index contributed by atoms with van der Waals surface area (Å²) in [4.78, 5) is 25.8. The summed E-state index contributed by atoms with van der Waals surface area (Å²) in [6.07, 6.45) is -5.40. The molecule has 0 atom stereocenters. The Morgan fingerprint density at radius 2 is 1.55 bits per heavy atom. The van der Waals surface area contributed by atoms with E-state index in [0.29, 0.717) is 17.4 Å². The zero-order valence-electron chi connectivity index (χ0n) is 22.0. The molecular weight excluding hydrogens is 531 g/mol. The van der Waals surface area contributed by atoms with Gasteiger partial charge in [-0.2, -0.15) is 13.2 Å². The van der Waals surface area contributed by atoms with E-state index in [0.717, 1.165) is 28.8 Å². The molecule has 0 aliphatic heterocycles. The molecule has 0 bridgehead atoms. The van der Waals surface area contributed by atoms with Crippen LogP contribution in [-0.4, -0.2) is 40.5 Å². The van der Waals surface area contributed by atoms with Crippen molar-refractivity contribution in [2.24, 2.45) is 0 Å². The monoisotopic (exact) mass is 559 g/mol. The van der Waals surface area contributed by atoms with Crippen LogP contribution in [0, 0.1) is 13.8 Å². The molecule has 3 aromatic carbocycles. The number of rotatable bonds is 8. The van der Waals surface area contributed by atoms with Crippen molar-refractivity contribution < 1.29 is 42.9 Å². The standard InChI is InChI=1S/C28H28F3N3O6/c1-15-7-5-8-16(2)23(15)21-13-18(11-12-22(21)40-4)25(35)32-17(3)24(34-39)26(36)33-20-10-6-9-19(14-20)27(37,38)28(29,30)31/h5-14,34,37-39H,1-4H3,(H,32,35)(H,33,36)/b24-17-. The second-order valence-corrected chi connectivity index (χ2v) is 8.95. The van der Waals surface area contributed by atoms with Crippen molar-refractivity contribution in [2.45, 2.75) is 32.7 Å². The minimum atomic E-state index is -5.40. The van der Waals surface area contributed by atoms with Crippen LogP contribution < -0.4 is 20.9 Å². The third-order valence-corrected chi connectivity index (χ3v) is 6.15. The first-order valence-corrected chi connectivity index (χ1v) is 11.8. The van der Waals surface area contributed by atoms with Gasteiger partial charge in [-0.3, -0.25) is 20.3 Å². The first-order chi connectivity index (χ1) is 18.7. The average molecular weight is 560 g/mol. The van der Waals surface area contributed by atoms with E-state index in [1.165, 1.54) is 26.2 Å². The maximum atomic E-state index is 13.1. The first-order valence-electron chi connectivity index (χ1n) is 11.8. The lowest BCUT2D eigenvalue weighted by molar-refractivity contribution is -0.358. The highest BCUT2D eigenvalue weighted by molar-refractivity contribution is 6.05. The SMILES string of the molecule is COc1ccc(C(=O)N/C(C)=C(\NO)C(=O)Nc2cccc(C(O)(O)C(F)(F)F)c2)cc1-c1c(C)cccc1C. The van der Waals surface area contributed by atoms with Crippen LogP contribution in [0.5, 0.6) is 5.75 Å². The Balaban J connectivity index is 1.87. The van der Waals surface area contributed by atoms with Crippen LogP contribution in [-0.2, 0) is 10.6 Å². The fourth-order valence-corrected chi connectivity index (χ4v) is 4.06. The number of carbonyl (C=O) groups excluding carboxylic acids is 2. The summed E-state index contributed by atoms with van der Waals surface area (Å²) in [6.45, 7) is 5.18. The van der Waals surface area contributed by atoms with Crippen molar-refractivity contribution in [1.82, 2.24) is 10.8 Å². The summed E-state index contributed by atoms with van der Waals surface area (Å²) >= 11 is 0. The van der Waals surface area contributed by atoms with E-state index in [1.54, 1.807) is 17.6 Å². The van der Waals surface area contributed by atoms with Gasteiger partial charge in [0.2, 0.25) is 0 Å². The number of hydrogen-bond donors (Lipinski definition) is 6. The molecule has 212 valence electrons. The van der Waals surface area contributed by atoms with E-state index in [2.05, 4.69) is 10.6 Å². The van der Waals surface area contributed by atoms with Crippen LogP contribution in [0.2, 0.25) is 0 Å². The van der Waals surface area contributed by atoms with Crippen LogP contribution in [0.15, 0.2) is 72.1 Å². The van der Waals surface area contributed by atoms with Crippen LogP contribution in [0.3, 0.4) is 0 Å². The predicted molar refractivity (Wildman–Crippen MR) is 140 cm³/mol. The quantitative estimate of drug-likeness (QED) is 0.138. The molecule has 0 unspecified atom stereocenters. The summed E-state index contributed by atoms with van der Waals surface area (Å²) in [5, 5.41) is 33.3. The molecular formula is C28H28F3N3O6. The summed E-state index contributed by atoms with van der Waals surface area (Å²) < 4.78 is 44.4. The molecule has 0 heterocycles. The summed E-state index contributed by atoms with van der Waals surface area (Å²) in [5.74, 6) is -5.26. The number of halogens is 3. The van der Waals surface area contributed by atoms with Crippen LogP contribution in [0.1, 0.15) is 34.0 Å². The predicted octanol–water partition coefficient (Wildman–Crippen LogP) is 4.26. The molecule has 0 saturated heterocycles. The highest BCUT2D eigenvalue weighted by Gasteiger charge is 2.54. The van der Waals surface area contributed by atoms with E-state index in [1.807, 2.05) is 32.0 Å². The van der Waals surface area contributed by atoms with Crippen molar-refractivity contribution in [3.63, 3.8) is 0 Å². The molecule has 9 nitrogen and oxygen atoms in total. The zero-order chi connectivity index (χ0) is 29.8. The van der Waals surface area contributed by atoms with Gasteiger partial charge in [-0.15, -0.1) is 0 Å². The summed E-state index contributed by atoms with van der Waals surface area (Å²) in [6, 6.07) is 14.3. The average Bonchev–Trinajstić information content (AvgIpc) is 2.88. The normalized spacial score (nSPS) is 12.3. The number of hydroxylamine groups is 1. The molecule has 0 fully saturated rings. The molecule has 0 aliphatic carbocycles. The highest BCUT2D eigenvalue weighted by atomic mass is 19.4. The Hall–Kier alpha value is -4.39. The van der Waals surface area contributed by atoms with Crippen LogP contribution >= 0.6 is 0 Å². The number of nitrogens with one attached hydrogen (secondary N) is 3. The maximum absolute atomic E-state index is 13.1. The Morgan fingerprint density at radius 1 is 0.925 bits per heavy atom. The maximum Gasteiger partial charge on any atom is 0.447 e. The number of aliphatic hydroxyl groups is 2. The first kappa shape index (κ1) is 30.2. The molecule has 12 heteroatoms. The third-order valence-electron chi connectivity index (χ3n) is 6.15. The lowest BCUT2D eigenvalue weighted by Gasteiger charge is -2.25. The van der Waals surface area contributed by atoms with Gasteiger partial charge in [0.05, 0.1) is 7.11 Å². The number of methoxy groups -OCH3 is 1. The minimum Gasteiger partial charge on any atom is -0.496 e. The Morgan fingerprint density at radius 3 is 2.12 bits per heavy atom. The van der Waals surface area contributed by atoms with Gasteiger partial charge >= 0.3 is 6.18 Å². The molecule has 0 aliphatic rings. The third kappa shape index (κ3) is 6.25. The Labute approximate surface area is 227 Å². The molecule has 3 aromatic rings. The second kappa shape index (κ2) is 11.8. The molecule has 0 saturated carbocycles. The number of ether oxygens (including phenoxy) is 1. The van der Waals surface area contributed by atoms with Gasteiger partial charge in [0.15, 0.2) is 0 Å². The number of allylic oxidation sites excluding steroid dienone is 1. The zero-order valence-corrected chi connectivity index (χ0v) is 22.0. The molecule has 0 spiro atoms. The van der Waals surface area contributed by atoms with Crippen molar-refractivity contribution >= 4 is 17.5 Å². The van der Waals surface area contributed by atoms with Gasteiger partial charge < -0.3 is 25.6 Å². The topological polar surface area (TPSA) is 140 Å². The molecule has 0 radical (unpaired) electrons. The number of alkyl halides is 3.